The van der Waals surface area contributed by atoms with E-state index in [4.69, 9.17) is 15.2 Å². The average Bonchev–Trinajstić information content (AvgIpc) is 3.10. The van der Waals surface area contributed by atoms with Crippen molar-refractivity contribution < 1.29 is 9.47 Å². The minimum atomic E-state index is 0.186. The van der Waals surface area contributed by atoms with E-state index in [0.717, 1.165) is 35.5 Å². The van der Waals surface area contributed by atoms with Crippen LogP contribution in [0, 0.1) is 6.92 Å². The SMILES string of the molecule is Cc1c2c(c(-c3cn[nH]c3N)c3c1OC(C)C3)OC(C)C2. The normalized spacial score (nSPS) is 22.6. The summed E-state index contributed by atoms with van der Waals surface area (Å²) in [5.74, 6) is 2.55. The fourth-order valence-corrected chi connectivity index (χ4v) is 3.51. The highest BCUT2D eigenvalue weighted by Gasteiger charge is 2.35. The molecule has 21 heavy (non-hydrogen) atoms. The van der Waals surface area contributed by atoms with Gasteiger partial charge in [0.25, 0.3) is 0 Å². The molecule has 0 saturated carbocycles. The van der Waals surface area contributed by atoms with Crippen LogP contribution in [0.5, 0.6) is 11.5 Å². The Morgan fingerprint density at radius 1 is 1.14 bits per heavy atom. The van der Waals surface area contributed by atoms with Crippen LogP contribution >= 0.6 is 0 Å². The first kappa shape index (κ1) is 12.6. The van der Waals surface area contributed by atoms with E-state index < -0.39 is 0 Å². The van der Waals surface area contributed by atoms with Gasteiger partial charge in [-0.15, -0.1) is 0 Å². The van der Waals surface area contributed by atoms with Crippen LogP contribution in [0.25, 0.3) is 11.1 Å². The number of ether oxygens (including phenoxy) is 2. The van der Waals surface area contributed by atoms with E-state index in [9.17, 15) is 0 Å². The van der Waals surface area contributed by atoms with Gasteiger partial charge in [0.15, 0.2) is 0 Å². The van der Waals surface area contributed by atoms with Crippen molar-refractivity contribution in [3.8, 4) is 22.6 Å². The minimum Gasteiger partial charge on any atom is -0.490 e. The van der Waals surface area contributed by atoms with E-state index in [1.54, 1.807) is 6.20 Å². The predicted molar refractivity (Wildman–Crippen MR) is 80.8 cm³/mol. The Morgan fingerprint density at radius 2 is 1.81 bits per heavy atom. The molecule has 0 saturated heterocycles. The summed E-state index contributed by atoms with van der Waals surface area (Å²) in [7, 11) is 0. The van der Waals surface area contributed by atoms with Crippen LogP contribution < -0.4 is 15.2 Å². The number of hydrogen-bond acceptors (Lipinski definition) is 4. The Hall–Kier alpha value is -2.17. The Morgan fingerprint density at radius 3 is 2.48 bits per heavy atom. The van der Waals surface area contributed by atoms with Gasteiger partial charge in [0, 0.05) is 35.1 Å². The summed E-state index contributed by atoms with van der Waals surface area (Å²) in [5, 5.41) is 6.88. The highest BCUT2D eigenvalue weighted by atomic mass is 16.5. The number of hydrogen-bond donors (Lipinski definition) is 2. The molecular weight excluding hydrogens is 266 g/mol. The third-order valence-corrected chi connectivity index (χ3v) is 4.43. The molecule has 4 rings (SSSR count). The molecule has 2 aliphatic rings. The highest BCUT2D eigenvalue weighted by molar-refractivity contribution is 5.85. The number of nitrogens with two attached hydrogens (primary N) is 1. The molecule has 5 heteroatoms. The number of nitrogens with one attached hydrogen (secondary N) is 1. The number of anilines is 1. The van der Waals surface area contributed by atoms with Crippen molar-refractivity contribution in [3.05, 3.63) is 22.9 Å². The second-order valence-corrected chi connectivity index (χ2v) is 6.08. The standard InChI is InChI=1S/C16H19N3O2/c1-7-4-10-9(3)14-11(5-8(2)20-14)13(15(10)21-7)12-6-18-19-16(12)17/h6-8H,4-5H2,1-3H3,(H3,17,18,19). The van der Waals surface area contributed by atoms with Crippen LogP contribution in [0.15, 0.2) is 6.20 Å². The highest BCUT2D eigenvalue weighted by Crippen LogP contribution is 2.51. The van der Waals surface area contributed by atoms with Crippen LogP contribution in [0.2, 0.25) is 0 Å². The van der Waals surface area contributed by atoms with Crippen molar-refractivity contribution >= 4 is 5.82 Å². The fraction of sp³-hybridized carbons (Fsp3) is 0.438. The van der Waals surface area contributed by atoms with Gasteiger partial charge in [-0.3, -0.25) is 5.10 Å². The van der Waals surface area contributed by atoms with Crippen molar-refractivity contribution in [1.82, 2.24) is 10.2 Å². The molecule has 5 nitrogen and oxygen atoms in total. The van der Waals surface area contributed by atoms with E-state index in [1.807, 2.05) is 0 Å². The van der Waals surface area contributed by atoms with Crippen LogP contribution in [0.1, 0.15) is 30.5 Å². The molecule has 110 valence electrons. The molecule has 2 aliphatic heterocycles. The maximum absolute atomic E-state index is 6.11. The van der Waals surface area contributed by atoms with Gasteiger partial charge >= 0.3 is 0 Å². The smallest absolute Gasteiger partial charge is 0.131 e. The molecule has 0 amide bonds. The molecule has 0 aliphatic carbocycles. The lowest BCUT2D eigenvalue weighted by atomic mass is 9.91. The van der Waals surface area contributed by atoms with E-state index in [0.29, 0.717) is 5.82 Å². The summed E-state index contributed by atoms with van der Waals surface area (Å²) in [6.07, 6.45) is 3.93. The predicted octanol–water partition coefficient (Wildman–Crippen LogP) is 2.61. The van der Waals surface area contributed by atoms with Gasteiger partial charge in [0.2, 0.25) is 0 Å². The van der Waals surface area contributed by atoms with E-state index in [2.05, 4.69) is 31.0 Å². The lowest BCUT2D eigenvalue weighted by Crippen LogP contribution is -2.07. The zero-order chi connectivity index (χ0) is 14.7. The van der Waals surface area contributed by atoms with Crippen molar-refractivity contribution in [2.24, 2.45) is 0 Å². The van der Waals surface area contributed by atoms with Gasteiger partial charge in [0.1, 0.15) is 29.5 Å². The lowest BCUT2D eigenvalue weighted by molar-refractivity contribution is 0.252. The zero-order valence-corrected chi connectivity index (χ0v) is 12.5. The first-order valence-electron chi connectivity index (χ1n) is 7.37. The second-order valence-electron chi connectivity index (χ2n) is 6.08. The summed E-state index contributed by atoms with van der Waals surface area (Å²) >= 11 is 0. The summed E-state index contributed by atoms with van der Waals surface area (Å²) in [6.45, 7) is 6.31. The minimum absolute atomic E-state index is 0.186. The zero-order valence-electron chi connectivity index (χ0n) is 12.5. The first-order valence-corrected chi connectivity index (χ1v) is 7.37. The quantitative estimate of drug-likeness (QED) is 0.844. The van der Waals surface area contributed by atoms with Gasteiger partial charge in [-0.25, -0.2) is 0 Å². The third-order valence-electron chi connectivity index (χ3n) is 4.43. The molecule has 3 heterocycles. The summed E-state index contributed by atoms with van der Waals surface area (Å²) in [4.78, 5) is 0. The molecule has 1 aromatic carbocycles. The fourth-order valence-electron chi connectivity index (χ4n) is 3.51. The molecule has 2 unspecified atom stereocenters. The lowest BCUT2D eigenvalue weighted by Gasteiger charge is -2.15. The Bertz CT molecular complexity index is 696. The van der Waals surface area contributed by atoms with Gasteiger partial charge in [-0.1, -0.05) is 0 Å². The molecule has 0 fully saturated rings. The molecule has 2 atom stereocenters. The Balaban J connectivity index is 2.04. The third kappa shape index (κ3) is 1.66. The van der Waals surface area contributed by atoms with Crippen molar-refractivity contribution in [2.45, 2.75) is 45.8 Å². The maximum Gasteiger partial charge on any atom is 0.131 e. The van der Waals surface area contributed by atoms with Crippen molar-refractivity contribution in [1.29, 1.82) is 0 Å². The second kappa shape index (κ2) is 4.16. The van der Waals surface area contributed by atoms with E-state index >= 15 is 0 Å². The van der Waals surface area contributed by atoms with Crippen LogP contribution in [0.3, 0.4) is 0 Å². The van der Waals surface area contributed by atoms with Crippen molar-refractivity contribution in [2.75, 3.05) is 5.73 Å². The number of benzene rings is 1. The Labute approximate surface area is 123 Å². The number of aromatic nitrogens is 2. The largest absolute Gasteiger partial charge is 0.490 e. The summed E-state index contributed by atoms with van der Waals surface area (Å²) < 4.78 is 12.2. The molecular formula is C16H19N3O2. The number of H-pyrrole nitrogens is 1. The van der Waals surface area contributed by atoms with Gasteiger partial charge in [0.05, 0.1) is 6.20 Å². The van der Waals surface area contributed by atoms with Crippen molar-refractivity contribution in [3.63, 3.8) is 0 Å². The molecule has 0 radical (unpaired) electrons. The van der Waals surface area contributed by atoms with Gasteiger partial charge in [-0.05, 0) is 26.3 Å². The van der Waals surface area contributed by atoms with Gasteiger partial charge < -0.3 is 15.2 Å². The average molecular weight is 285 g/mol. The number of nitrogens with zero attached hydrogens (tertiary/aromatic N) is 1. The first-order chi connectivity index (χ1) is 10.1. The molecule has 3 N–H and O–H groups in total. The van der Waals surface area contributed by atoms with Gasteiger partial charge in [-0.2, -0.15) is 5.10 Å². The molecule has 2 aromatic rings. The summed E-state index contributed by atoms with van der Waals surface area (Å²) in [6, 6.07) is 0. The molecule has 0 bridgehead atoms. The van der Waals surface area contributed by atoms with E-state index in [-0.39, 0.29) is 12.2 Å². The maximum atomic E-state index is 6.11. The number of fused-ring (bicyclic) bond motifs is 2. The topological polar surface area (TPSA) is 73.2 Å². The molecule has 1 aromatic heterocycles. The van der Waals surface area contributed by atoms with E-state index in [1.165, 1.54) is 16.7 Å². The number of rotatable bonds is 1. The summed E-state index contributed by atoms with van der Waals surface area (Å²) in [5.41, 5.74) is 11.7. The molecule has 0 spiro atoms. The number of aromatic amines is 1. The van der Waals surface area contributed by atoms with Crippen LogP contribution in [0.4, 0.5) is 5.82 Å². The monoisotopic (exact) mass is 285 g/mol. The Kier molecular flexibility index (Phi) is 2.49. The number of nitrogen functional groups attached to an aromatic ring is 1. The van der Waals surface area contributed by atoms with Crippen LogP contribution in [-0.2, 0) is 12.8 Å². The van der Waals surface area contributed by atoms with Crippen LogP contribution in [-0.4, -0.2) is 22.4 Å².